The SMILES string of the molecule is CC1(C)C[C@H]2N(c3cccc(N=S(C)(C)=O)n3)c3nc(Nc4ccnnc4)ncc3[C@@]2(C)CO1. The Kier molecular flexibility index (Phi) is 5.28. The van der Waals surface area contributed by atoms with E-state index in [1.165, 1.54) is 0 Å². The summed E-state index contributed by atoms with van der Waals surface area (Å²) in [5, 5.41) is 10.9. The number of fused-ring (bicyclic) bond motifs is 3. The molecule has 34 heavy (non-hydrogen) atoms. The lowest BCUT2D eigenvalue weighted by Gasteiger charge is -2.46. The topological polar surface area (TPSA) is 118 Å². The zero-order chi connectivity index (χ0) is 24.1. The molecule has 5 rings (SSSR count). The van der Waals surface area contributed by atoms with Crippen molar-refractivity contribution in [3.63, 3.8) is 0 Å². The second kappa shape index (κ2) is 7.95. The molecule has 2 aliphatic rings. The van der Waals surface area contributed by atoms with Gasteiger partial charge in [-0.25, -0.2) is 14.2 Å². The quantitative estimate of drug-likeness (QED) is 0.595. The van der Waals surface area contributed by atoms with Crippen molar-refractivity contribution in [2.45, 2.75) is 44.2 Å². The van der Waals surface area contributed by atoms with Gasteiger partial charge in [0.05, 0.1) is 36.3 Å². The number of aromatic nitrogens is 5. The molecule has 0 aromatic carbocycles. The van der Waals surface area contributed by atoms with Crippen molar-refractivity contribution in [3.05, 3.63) is 48.4 Å². The van der Waals surface area contributed by atoms with Gasteiger partial charge in [-0.1, -0.05) is 13.0 Å². The first-order chi connectivity index (χ1) is 16.0. The van der Waals surface area contributed by atoms with Crippen molar-refractivity contribution in [2.24, 2.45) is 4.36 Å². The minimum Gasteiger partial charge on any atom is -0.374 e. The van der Waals surface area contributed by atoms with E-state index in [0.29, 0.717) is 24.2 Å². The van der Waals surface area contributed by atoms with Crippen molar-refractivity contribution in [2.75, 3.05) is 29.3 Å². The summed E-state index contributed by atoms with van der Waals surface area (Å²) in [7, 11) is -2.35. The second-order valence-corrected chi connectivity index (χ2v) is 12.4. The van der Waals surface area contributed by atoms with E-state index in [2.05, 4.69) is 50.5 Å². The van der Waals surface area contributed by atoms with Crippen molar-refractivity contribution in [1.82, 2.24) is 25.1 Å². The summed E-state index contributed by atoms with van der Waals surface area (Å²) in [6.45, 7) is 6.94. The van der Waals surface area contributed by atoms with E-state index in [0.717, 1.165) is 23.5 Å². The molecule has 0 spiro atoms. The molecule has 11 heteroatoms. The smallest absolute Gasteiger partial charge is 0.229 e. The van der Waals surface area contributed by atoms with Gasteiger partial charge >= 0.3 is 0 Å². The molecule has 0 aliphatic carbocycles. The summed E-state index contributed by atoms with van der Waals surface area (Å²) in [5.41, 5.74) is 1.13. The van der Waals surface area contributed by atoms with Crippen molar-refractivity contribution in [3.8, 4) is 0 Å². The van der Waals surface area contributed by atoms with Crippen molar-refractivity contribution in [1.29, 1.82) is 0 Å². The number of ether oxygens (including phenoxy) is 1. The van der Waals surface area contributed by atoms with Gasteiger partial charge in [0, 0.05) is 39.4 Å². The summed E-state index contributed by atoms with van der Waals surface area (Å²) in [6.07, 6.45) is 9.07. The first kappa shape index (κ1) is 22.6. The van der Waals surface area contributed by atoms with E-state index in [-0.39, 0.29) is 17.1 Å². The molecule has 1 saturated heterocycles. The van der Waals surface area contributed by atoms with Gasteiger partial charge in [-0.15, -0.1) is 0 Å². The highest BCUT2D eigenvalue weighted by molar-refractivity contribution is 7.92. The molecule has 10 nitrogen and oxygen atoms in total. The van der Waals surface area contributed by atoms with Crippen LogP contribution in [0.25, 0.3) is 0 Å². The summed E-state index contributed by atoms with van der Waals surface area (Å²) in [5.74, 6) is 2.36. The molecular formula is C23H28N8O2S. The van der Waals surface area contributed by atoms with Crippen LogP contribution in [0.2, 0.25) is 0 Å². The van der Waals surface area contributed by atoms with Gasteiger partial charge in [0.15, 0.2) is 5.82 Å². The summed E-state index contributed by atoms with van der Waals surface area (Å²) >= 11 is 0. The minimum absolute atomic E-state index is 0.0498. The van der Waals surface area contributed by atoms with Crippen LogP contribution in [-0.2, 0) is 19.9 Å². The Morgan fingerprint density at radius 2 is 1.97 bits per heavy atom. The Balaban J connectivity index is 1.64. The molecule has 0 amide bonds. The van der Waals surface area contributed by atoms with Crippen LogP contribution >= 0.6 is 0 Å². The van der Waals surface area contributed by atoms with Crippen molar-refractivity contribution >= 4 is 38.8 Å². The molecule has 0 saturated carbocycles. The molecule has 1 N–H and O–H groups in total. The van der Waals surface area contributed by atoms with Gasteiger partial charge in [-0.3, -0.25) is 0 Å². The van der Waals surface area contributed by atoms with Crippen LogP contribution in [0.5, 0.6) is 0 Å². The molecule has 178 valence electrons. The third-order valence-electron chi connectivity index (χ3n) is 6.23. The van der Waals surface area contributed by atoms with Crippen molar-refractivity contribution < 1.29 is 8.95 Å². The number of pyridine rings is 1. The Labute approximate surface area is 199 Å². The molecule has 1 fully saturated rings. The van der Waals surface area contributed by atoms with E-state index in [9.17, 15) is 4.21 Å². The highest BCUT2D eigenvalue weighted by atomic mass is 32.2. The van der Waals surface area contributed by atoms with Gasteiger partial charge in [0.25, 0.3) is 0 Å². The van der Waals surface area contributed by atoms with Crippen LogP contribution in [0.15, 0.2) is 47.2 Å². The monoisotopic (exact) mass is 480 g/mol. The number of hydrogen-bond acceptors (Lipinski definition) is 10. The minimum atomic E-state index is -2.35. The molecule has 2 atom stereocenters. The van der Waals surface area contributed by atoms with E-state index in [4.69, 9.17) is 14.7 Å². The van der Waals surface area contributed by atoms with Crippen LogP contribution < -0.4 is 10.2 Å². The van der Waals surface area contributed by atoms with E-state index >= 15 is 0 Å². The number of nitrogens with zero attached hydrogens (tertiary/aromatic N) is 7. The fourth-order valence-electron chi connectivity index (χ4n) is 4.58. The Morgan fingerprint density at radius 3 is 2.71 bits per heavy atom. The molecule has 0 unspecified atom stereocenters. The highest BCUT2D eigenvalue weighted by Crippen LogP contribution is 2.53. The lowest BCUT2D eigenvalue weighted by molar-refractivity contribution is -0.0893. The Morgan fingerprint density at radius 1 is 1.15 bits per heavy atom. The second-order valence-electron chi connectivity index (χ2n) is 9.87. The highest BCUT2D eigenvalue weighted by Gasteiger charge is 2.55. The number of rotatable bonds is 4. The molecule has 3 aromatic heterocycles. The average Bonchev–Trinajstić information content (AvgIpc) is 3.00. The van der Waals surface area contributed by atoms with Crippen LogP contribution in [0, 0.1) is 0 Å². The fourth-order valence-corrected chi connectivity index (χ4v) is 5.13. The maximum Gasteiger partial charge on any atom is 0.229 e. The predicted molar refractivity (Wildman–Crippen MR) is 132 cm³/mol. The van der Waals surface area contributed by atoms with Gasteiger partial charge in [0.1, 0.15) is 11.6 Å². The molecule has 0 radical (unpaired) electrons. The number of nitrogens with one attached hydrogen (secondary N) is 1. The van der Waals surface area contributed by atoms with E-state index < -0.39 is 9.73 Å². The van der Waals surface area contributed by atoms with Gasteiger partial charge in [-0.2, -0.15) is 19.5 Å². The lowest BCUT2D eigenvalue weighted by Crippen LogP contribution is -2.54. The normalized spacial score (nSPS) is 23.2. The zero-order valence-corrected chi connectivity index (χ0v) is 20.7. The number of anilines is 4. The molecule has 2 aliphatic heterocycles. The molecule has 0 bridgehead atoms. The Bertz CT molecular complexity index is 1350. The first-order valence-corrected chi connectivity index (χ1v) is 13.4. The maximum atomic E-state index is 12.3. The lowest BCUT2D eigenvalue weighted by atomic mass is 9.73. The summed E-state index contributed by atoms with van der Waals surface area (Å²) < 4.78 is 22.9. The van der Waals surface area contributed by atoms with Crippen LogP contribution in [-0.4, -0.2) is 60.1 Å². The van der Waals surface area contributed by atoms with Gasteiger partial charge in [0.2, 0.25) is 5.95 Å². The Hall–Kier alpha value is -3.18. The van der Waals surface area contributed by atoms with E-state index in [1.54, 1.807) is 37.0 Å². The van der Waals surface area contributed by atoms with Crippen LogP contribution in [0.1, 0.15) is 32.8 Å². The summed E-state index contributed by atoms with van der Waals surface area (Å²) in [6, 6.07) is 7.44. The zero-order valence-electron chi connectivity index (χ0n) is 19.9. The third-order valence-corrected chi connectivity index (χ3v) is 6.85. The maximum absolute atomic E-state index is 12.3. The van der Waals surface area contributed by atoms with Crippen LogP contribution in [0.4, 0.5) is 29.1 Å². The van der Waals surface area contributed by atoms with Gasteiger partial charge in [-0.05, 0) is 38.5 Å². The summed E-state index contributed by atoms with van der Waals surface area (Å²) in [4.78, 5) is 16.4. The first-order valence-electron chi connectivity index (χ1n) is 11.0. The molecule has 3 aromatic rings. The third kappa shape index (κ3) is 4.21. The number of hydrogen-bond donors (Lipinski definition) is 1. The largest absolute Gasteiger partial charge is 0.374 e. The average molecular weight is 481 g/mol. The van der Waals surface area contributed by atoms with Gasteiger partial charge < -0.3 is 15.0 Å². The van der Waals surface area contributed by atoms with Crippen LogP contribution in [0.3, 0.4) is 0 Å². The standard InChI is InChI=1S/C23H28N8O2S/c1-22(2)11-17-23(3,14-33-22)16-13-24-21(27-15-9-10-25-26-12-15)29-20(16)31(17)19-8-6-7-18(28-19)30-34(4,5)32/h6-10,12-13,17H,11,14H2,1-5H3,(H,24,25,27,29)/t17-,23-/m1/s1. The molecular weight excluding hydrogens is 452 g/mol. The molecule has 5 heterocycles. The van der Waals surface area contributed by atoms with E-state index in [1.807, 2.05) is 18.3 Å². The fraction of sp³-hybridized carbons (Fsp3) is 0.435. The predicted octanol–water partition coefficient (Wildman–Crippen LogP) is 3.74.